The lowest BCUT2D eigenvalue weighted by atomic mass is 9.77. The molecule has 1 saturated carbocycles. The summed E-state index contributed by atoms with van der Waals surface area (Å²) in [6, 6.07) is 4.16. The fourth-order valence-corrected chi connectivity index (χ4v) is 4.95. The number of nitrogens with two attached hydrogens (primary N) is 1. The van der Waals surface area contributed by atoms with Crippen LogP contribution in [-0.2, 0) is 9.53 Å². The Morgan fingerprint density at radius 1 is 1.27 bits per heavy atom. The van der Waals surface area contributed by atoms with Crippen molar-refractivity contribution in [1.82, 2.24) is 4.98 Å². The molecule has 4 atom stereocenters. The van der Waals surface area contributed by atoms with Crippen molar-refractivity contribution in [2.75, 3.05) is 11.9 Å². The first kappa shape index (κ1) is 29.2. The predicted molar refractivity (Wildman–Crippen MR) is 131 cm³/mol. The average Bonchev–Trinajstić information content (AvgIpc) is 3.14. The summed E-state index contributed by atoms with van der Waals surface area (Å²) >= 11 is 0. The van der Waals surface area contributed by atoms with Gasteiger partial charge in [0.05, 0.1) is 5.71 Å². The van der Waals surface area contributed by atoms with Crippen molar-refractivity contribution in [1.29, 1.82) is 0 Å². The lowest BCUT2D eigenvalue weighted by molar-refractivity contribution is -0.272. The van der Waals surface area contributed by atoms with Gasteiger partial charge in [-0.2, -0.15) is 17.6 Å². The number of carbonyl (C=O) groups is 2. The van der Waals surface area contributed by atoms with Gasteiger partial charge in [-0.1, -0.05) is 24.6 Å². The first-order valence-corrected chi connectivity index (χ1v) is 12.4. The van der Waals surface area contributed by atoms with E-state index in [0.717, 1.165) is 37.7 Å². The van der Waals surface area contributed by atoms with Crippen molar-refractivity contribution < 1.29 is 46.2 Å². The summed E-state index contributed by atoms with van der Waals surface area (Å²) in [5, 5.41) is 14.9. The summed E-state index contributed by atoms with van der Waals surface area (Å²) < 4.78 is 83.0. The van der Waals surface area contributed by atoms with E-state index in [-0.39, 0.29) is 28.6 Å². The van der Waals surface area contributed by atoms with Crippen LogP contribution in [0.15, 0.2) is 35.6 Å². The number of aromatic nitrogens is 1. The summed E-state index contributed by atoms with van der Waals surface area (Å²) in [6.45, 7) is 1.50. The van der Waals surface area contributed by atoms with Gasteiger partial charge < -0.3 is 25.7 Å². The van der Waals surface area contributed by atoms with E-state index in [9.17, 15) is 32.4 Å². The smallest absolute Gasteiger partial charge is 0.417 e. The third-order valence-electron chi connectivity index (χ3n) is 7.72. The molecule has 9 nitrogen and oxygen atoms in total. The predicted octanol–water partition coefficient (Wildman–Crippen LogP) is 4.55. The molecular formula is C26H27F5N4O5. The number of oxime groups is 1. The Bertz CT molecular complexity index is 1330. The number of rotatable bonds is 8. The zero-order valence-corrected chi connectivity index (χ0v) is 21.5. The molecule has 4 N–H and O–H groups in total. The van der Waals surface area contributed by atoms with Gasteiger partial charge in [-0.05, 0) is 38.0 Å². The first-order chi connectivity index (χ1) is 18.8. The fraction of sp³-hybridized carbons (Fsp3) is 0.462. The van der Waals surface area contributed by atoms with Gasteiger partial charge in [0.2, 0.25) is 5.82 Å². The highest BCUT2D eigenvalue weighted by atomic mass is 19.4. The molecule has 0 bridgehead atoms. The van der Waals surface area contributed by atoms with Gasteiger partial charge >= 0.3 is 6.18 Å². The number of alkyl halides is 3. The number of nitrogens with one attached hydrogen (secondary N) is 1. The molecule has 14 heteroatoms. The SMILES string of the molecule is C[C@H]1[C@@H](c2ccc(F)c(F)c2OC/C(=N\O)C2CCC2)[C@H](C(=O)Nc2ccnc(C(N)=O)c2)O[C@@]1(C)C(F)(F)F. The lowest BCUT2D eigenvalue weighted by Crippen LogP contribution is -2.47. The van der Waals surface area contributed by atoms with E-state index in [0.29, 0.717) is 12.8 Å². The molecule has 40 heavy (non-hydrogen) atoms. The number of carbonyl (C=O) groups excluding carboxylic acids is 2. The normalized spacial score (nSPS) is 25.4. The highest BCUT2D eigenvalue weighted by Gasteiger charge is 2.66. The third-order valence-corrected chi connectivity index (χ3v) is 7.72. The van der Waals surface area contributed by atoms with Crippen molar-refractivity contribution in [3.05, 3.63) is 53.4 Å². The van der Waals surface area contributed by atoms with Crippen molar-refractivity contribution in [3.63, 3.8) is 0 Å². The Morgan fingerprint density at radius 3 is 2.55 bits per heavy atom. The van der Waals surface area contributed by atoms with Gasteiger partial charge in [0, 0.05) is 35.2 Å². The number of ether oxygens (including phenoxy) is 2. The Morgan fingerprint density at radius 2 is 1.98 bits per heavy atom. The van der Waals surface area contributed by atoms with E-state index in [1.54, 1.807) is 0 Å². The van der Waals surface area contributed by atoms with Crippen LogP contribution in [-0.4, -0.2) is 52.2 Å². The maximum atomic E-state index is 15.1. The van der Waals surface area contributed by atoms with E-state index < -0.39 is 65.5 Å². The number of pyridine rings is 1. The first-order valence-electron chi connectivity index (χ1n) is 12.4. The summed E-state index contributed by atoms with van der Waals surface area (Å²) in [6.07, 6.45) is -3.35. The molecular weight excluding hydrogens is 543 g/mol. The van der Waals surface area contributed by atoms with Crippen LogP contribution in [0.1, 0.15) is 55.1 Å². The molecule has 1 aliphatic carbocycles. The van der Waals surface area contributed by atoms with Crippen LogP contribution in [0, 0.1) is 23.5 Å². The standard InChI is InChI=1S/C26H27F5N4O5/c1-12-19(15-6-7-16(27)20(28)21(15)39-11-18(35-38)13-4-3-5-13)22(40-25(12,2)26(29,30)31)24(37)34-14-8-9-33-17(10-14)23(32)36/h6-10,12-13,19,22,38H,3-5,11H2,1-2H3,(H2,32,36)(H,33,34,37)/b35-18+/t12-,19-,22+,25+/m0/s1. The van der Waals surface area contributed by atoms with Gasteiger partial charge in [-0.3, -0.25) is 14.6 Å². The number of halogens is 5. The number of primary amides is 1. The molecule has 0 radical (unpaired) electrons. The molecule has 1 saturated heterocycles. The van der Waals surface area contributed by atoms with Crippen molar-refractivity contribution >= 4 is 23.2 Å². The van der Waals surface area contributed by atoms with E-state index in [2.05, 4.69) is 15.5 Å². The van der Waals surface area contributed by atoms with E-state index >= 15 is 4.39 Å². The number of nitrogens with zero attached hydrogens (tertiary/aromatic N) is 2. The zero-order valence-electron chi connectivity index (χ0n) is 21.5. The highest BCUT2D eigenvalue weighted by molar-refractivity contribution is 5.97. The topological polar surface area (TPSA) is 136 Å². The molecule has 1 aliphatic heterocycles. The maximum Gasteiger partial charge on any atom is 0.417 e. The van der Waals surface area contributed by atoms with Gasteiger partial charge in [-0.25, -0.2) is 4.39 Å². The lowest BCUT2D eigenvalue weighted by Gasteiger charge is -2.32. The number of benzene rings is 1. The van der Waals surface area contributed by atoms with Crippen LogP contribution in [0.25, 0.3) is 0 Å². The minimum Gasteiger partial charge on any atom is -0.484 e. The van der Waals surface area contributed by atoms with Crippen molar-refractivity contribution in [2.45, 2.75) is 56.9 Å². The molecule has 0 unspecified atom stereocenters. The molecule has 4 rings (SSSR count). The van der Waals surface area contributed by atoms with Crippen molar-refractivity contribution in [3.8, 4) is 5.75 Å². The molecule has 216 valence electrons. The second-order valence-corrected chi connectivity index (χ2v) is 10.0. The molecule has 2 aliphatic rings. The molecule has 2 fully saturated rings. The van der Waals surface area contributed by atoms with Crippen LogP contribution < -0.4 is 15.8 Å². The van der Waals surface area contributed by atoms with Crippen LogP contribution in [0.4, 0.5) is 27.6 Å². The van der Waals surface area contributed by atoms with Gasteiger partial charge in [-0.15, -0.1) is 0 Å². The monoisotopic (exact) mass is 570 g/mol. The van der Waals surface area contributed by atoms with Crippen LogP contribution in [0.2, 0.25) is 0 Å². The molecule has 2 aromatic rings. The largest absolute Gasteiger partial charge is 0.484 e. The van der Waals surface area contributed by atoms with E-state index in [1.165, 1.54) is 13.0 Å². The summed E-state index contributed by atoms with van der Waals surface area (Å²) in [4.78, 5) is 28.5. The van der Waals surface area contributed by atoms with Crippen LogP contribution in [0.5, 0.6) is 5.75 Å². The molecule has 1 aromatic carbocycles. The van der Waals surface area contributed by atoms with Gasteiger partial charge in [0.15, 0.2) is 17.2 Å². The van der Waals surface area contributed by atoms with E-state index in [1.807, 2.05) is 0 Å². The summed E-state index contributed by atoms with van der Waals surface area (Å²) in [5.41, 5.74) is 2.07. The number of amides is 2. The van der Waals surface area contributed by atoms with Gasteiger partial charge in [0.25, 0.3) is 11.8 Å². The quantitative estimate of drug-likeness (QED) is 0.185. The number of hydrogen-bond acceptors (Lipinski definition) is 7. The molecule has 2 amide bonds. The summed E-state index contributed by atoms with van der Waals surface area (Å²) in [7, 11) is 0. The van der Waals surface area contributed by atoms with E-state index in [4.69, 9.17) is 15.2 Å². The molecule has 1 aromatic heterocycles. The number of anilines is 1. The molecule has 2 heterocycles. The van der Waals surface area contributed by atoms with Crippen molar-refractivity contribution in [2.24, 2.45) is 22.7 Å². The minimum atomic E-state index is -4.95. The minimum absolute atomic E-state index is 0.00419. The highest BCUT2D eigenvalue weighted by Crippen LogP contribution is 2.55. The Kier molecular flexibility index (Phi) is 8.01. The fourth-order valence-electron chi connectivity index (χ4n) is 4.95. The number of hydrogen-bond donors (Lipinski definition) is 3. The Hall–Kier alpha value is -3.81. The molecule has 0 spiro atoms. The second-order valence-electron chi connectivity index (χ2n) is 10.0. The second kappa shape index (κ2) is 11.0. The Labute approximate surface area is 225 Å². The summed E-state index contributed by atoms with van der Waals surface area (Å²) in [5.74, 6) is -8.54. The third kappa shape index (κ3) is 5.31. The maximum absolute atomic E-state index is 15.1. The Balaban J connectivity index is 1.74. The van der Waals surface area contributed by atoms with Gasteiger partial charge in [0.1, 0.15) is 18.4 Å². The average molecular weight is 571 g/mol. The zero-order chi connectivity index (χ0) is 29.4. The van der Waals surface area contributed by atoms with Crippen LogP contribution in [0.3, 0.4) is 0 Å². The van der Waals surface area contributed by atoms with Crippen LogP contribution >= 0.6 is 0 Å².